The van der Waals surface area contributed by atoms with Crippen LogP contribution in [0.2, 0.25) is 0 Å². The molecule has 0 aliphatic heterocycles. The third-order valence-corrected chi connectivity index (χ3v) is 2.88. The number of hydrogen-bond acceptors (Lipinski definition) is 4. The highest BCUT2D eigenvalue weighted by Crippen LogP contribution is 2.37. The van der Waals surface area contributed by atoms with Gasteiger partial charge in [-0.3, -0.25) is 4.79 Å². The van der Waals surface area contributed by atoms with Gasteiger partial charge >= 0.3 is 0 Å². The van der Waals surface area contributed by atoms with Crippen LogP contribution in [0.25, 0.3) is 0 Å². The SMILES string of the molecule is C=C(C)C(=O)CCCc1cc(OC)c(O)c(OC)c1. The molecule has 4 heteroatoms. The van der Waals surface area contributed by atoms with Gasteiger partial charge in [-0.25, -0.2) is 0 Å². The van der Waals surface area contributed by atoms with Crippen molar-refractivity contribution < 1.29 is 19.4 Å². The van der Waals surface area contributed by atoms with E-state index in [0.29, 0.717) is 29.9 Å². The molecule has 0 saturated heterocycles. The molecule has 1 N–H and O–H groups in total. The summed E-state index contributed by atoms with van der Waals surface area (Å²) in [6.07, 6.45) is 1.91. The van der Waals surface area contributed by atoms with Crippen LogP contribution in [-0.2, 0) is 11.2 Å². The van der Waals surface area contributed by atoms with Crippen LogP contribution in [0.15, 0.2) is 24.3 Å². The predicted octanol–water partition coefficient (Wildman–Crippen LogP) is 2.88. The Labute approximate surface area is 113 Å². The molecule has 0 atom stereocenters. The summed E-state index contributed by atoms with van der Waals surface area (Å²) in [6, 6.07) is 3.51. The number of Topliss-reactive ketones (excluding diaryl/α,β-unsaturated/α-hetero) is 1. The van der Waals surface area contributed by atoms with Crippen molar-refractivity contribution in [3.63, 3.8) is 0 Å². The van der Waals surface area contributed by atoms with Gasteiger partial charge in [0, 0.05) is 6.42 Å². The molecule has 0 unspecified atom stereocenters. The van der Waals surface area contributed by atoms with Crippen LogP contribution in [0, 0.1) is 0 Å². The fourth-order valence-corrected chi connectivity index (χ4v) is 1.76. The summed E-state index contributed by atoms with van der Waals surface area (Å²) in [6.45, 7) is 5.34. The summed E-state index contributed by atoms with van der Waals surface area (Å²) in [5.74, 6) is 0.825. The van der Waals surface area contributed by atoms with Crippen molar-refractivity contribution in [1.82, 2.24) is 0 Å². The maximum absolute atomic E-state index is 11.4. The van der Waals surface area contributed by atoms with Gasteiger partial charge in [-0.2, -0.15) is 0 Å². The molecule has 104 valence electrons. The molecule has 19 heavy (non-hydrogen) atoms. The topological polar surface area (TPSA) is 55.8 Å². The molecule has 0 aromatic heterocycles. The Morgan fingerprint density at radius 1 is 1.26 bits per heavy atom. The van der Waals surface area contributed by atoms with Gasteiger partial charge in [-0.15, -0.1) is 0 Å². The van der Waals surface area contributed by atoms with Crippen LogP contribution in [-0.4, -0.2) is 25.1 Å². The molecule has 0 fully saturated rings. The summed E-state index contributed by atoms with van der Waals surface area (Å²) >= 11 is 0. The number of allylic oxidation sites excluding steroid dienone is 1. The fraction of sp³-hybridized carbons (Fsp3) is 0.400. The standard InChI is InChI=1S/C15H20O4/c1-10(2)12(16)7-5-6-11-8-13(18-3)15(17)14(9-11)19-4/h8-9,17H,1,5-7H2,2-4H3. The van der Waals surface area contributed by atoms with Gasteiger partial charge in [0.25, 0.3) is 0 Å². The lowest BCUT2D eigenvalue weighted by Gasteiger charge is -2.11. The average Bonchev–Trinajstić information content (AvgIpc) is 2.39. The van der Waals surface area contributed by atoms with E-state index in [-0.39, 0.29) is 11.5 Å². The number of aryl methyl sites for hydroxylation is 1. The second-order valence-corrected chi connectivity index (χ2v) is 4.41. The van der Waals surface area contributed by atoms with Crippen LogP contribution in [0.5, 0.6) is 17.2 Å². The average molecular weight is 264 g/mol. The summed E-state index contributed by atoms with van der Waals surface area (Å²) in [5, 5.41) is 9.78. The van der Waals surface area contributed by atoms with Crippen molar-refractivity contribution in [1.29, 1.82) is 0 Å². The summed E-state index contributed by atoms with van der Waals surface area (Å²) < 4.78 is 10.2. The fourth-order valence-electron chi connectivity index (χ4n) is 1.76. The van der Waals surface area contributed by atoms with E-state index in [1.54, 1.807) is 19.1 Å². The van der Waals surface area contributed by atoms with E-state index in [1.165, 1.54) is 14.2 Å². The first-order valence-corrected chi connectivity index (χ1v) is 6.12. The van der Waals surface area contributed by atoms with Crippen LogP contribution < -0.4 is 9.47 Å². The Bertz CT molecular complexity index is 452. The summed E-state index contributed by atoms with van der Waals surface area (Å²) in [4.78, 5) is 11.4. The van der Waals surface area contributed by atoms with Crippen LogP contribution in [0.3, 0.4) is 0 Å². The highest BCUT2D eigenvalue weighted by atomic mass is 16.5. The lowest BCUT2D eigenvalue weighted by Crippen LogP contribution is -1.99. The zero-order valence-electron chi connectivity index (χ0n) is 11.7. The molecule has 1 aromatic carbocycles. The summed E-state index contributed by atoms with van der Waals surface area (Å²) in [5.41, 5.74) is 1.54. The van der Waals surface area contributed by atoms with Gasteiger partial charge in [0.05, 0.1) is 14.2 Å². The van der Waals surface area contributed by atoms with Crippen LogP contribution in [0.4, 0.5) is 0 Å². The normalized spacial score (nSPS) is 10.1. The number of aromatic hydroxyl groups is 1. The highest BCUT2D eigenvalue weighted by molar-refractivity contribution is 5.94. The number of benzene rings is 1. The molecular weight excluding hydrogens is 244 g/mol. The summed E-state index contributed by atoms with van der Waals surface area (Å²) in [7, 11) is 2.98. The Kier molecular flexibility index (Phi) is 5.42. The quantitative estimate of drug-likeness (QED) is 0.769. The Morgan fingerprint density at radius 2 is 1.79 bits per heavy atom. The van der Waals surface area contributed by atoms with E-state index in [4.69, 9.17) is 9.47 Å². The van der Waals surface area contributed by atoms with Gasteiger partial charge in [0.1, 0.15) is 0 Å². The first-order valence-electron chi connectivity index (χ1n) is 6.12. The maximum Gasteiger partial charge on any atom is 0.200 e. The Balaban J connectivity index is 2.73. The monoisotopic (exact) mass is 264 g/mol. The molecule has 0 aliphatic rings. The van der Waals surface area contributed by atoms with E-state index < -0.39 is 0 Å². The van der Waals surface area contributed by atoms with Crippen LogP contribution in [0.1, 0.15) is 25.3 Å². The Hall–Kier alpha value is -1.97. The predicted molar refractivity (Wildman–Crippen MR) is 74.0 cm³/mol. The van der Waals surface area contributed by atoms with Gasteiger partial charge in [0.15, 0.2) is 17.3 Å². The molecule has 0 amide bonds. The minimum atomic E-state index is -0.00763. The largest absolute Gasteiger partial charge is 0.502 e. The van der Waals surface area contributed by atoms with E-state index in [1.807, 2.05) is 0 Å². The number of phenolic OH excluding ortho intramolecular Hbond substituents is 1. The smallest absolute Gasteiger partial charge is 0.200 e. The van der Waals surface area contributed by atoms with Crippen LogP contribution >= 0.6 is 0 Å². The van der Waals surface area contributed by atoms with E-state index in [9.17, 15) is 9.90 Å². The number of methoxy groups -OCH3 is 2. The highest BCUT2D eigenvalue weighted by Gasteiger charge is 2.11. The van der Waals surface area contributed by atoms with Crippen molar-refractivity contribution in [2.24, 2.45) is 0 Å². The van der Waals surface area contributed by atoms with E-state index >= 15 is 0 Å². The van der Waals surface area contributed by atoms with Gasteiger partial charge < -0.3 is 14.6 Å². The number of phenols is 1. The first-order chi connectivity index (χ1) is 8.99. The second kappa shape index (κ2) is 6.83. The Morgan fingerprint density at radius 3 is 2.21 bits per heavy atom. The number of carbonyl (C=O) groups excluding carboxylic acids is 1. The molecule has 0 radical (unpaired) electrons. The lowest BCUT2D eigenvalue weighted by molar-refractivity contribution is -0.115. The zero-order valence-corrected chi connectivity index (χ0v) is 11.7. The van der Waals surface area contributed by atoms with Crippen molar-refractivity contribution in [2.75, 3.05) is 14.2 Å². The zero-order chi connectivity index (χ0) is 14.4. The number of rotatable bonds is 7. The van der Waals surface area contributed by atoms with E-state index in [2.05, 4.69) is 6.58 Å². The van der Waals surface area contributed by atoms with Crippen molar-refractivity contribution in [3.05, 3.63) is 29.8 Å². The molecule has 4 nitrogen and oxygen atoms in total. The number of ketones is 1. The maximum atomic E-state index is 11.4. The third kappa shape index (κ3) is 4.02. The number of ether oxygens (including phenoxy) is 2. The van der Waals surface area contributed by atoms with E-state index in [0.717, 1.165) is 12.0 Å². The lowest BCUT2D eigenvalue weighted by atomic mass is 10.0. The molecule has 0 saturated carbocycles. The molecule has 0 spiro atoms. The third-order valence-electron chi connectivity index (χ3n) is 2.88. The van der Waals surface area contributed by atoms with Gasteiger partial charge in [0.2, 0.25) is 5.75 Å². The molecule has 0 bridgehead atoms. The van der Waals surface area contributed by atoms with Gasteiger partial charge in [-0.05, 0) is 43.0 Å². The molecule has 0 aliphatic carbocycles. The second-order valence-electron chi connectivity index (χ2n) is 4.41. The minimum Gasteiger partial charge on any atom is -0.502 e. The van der Waals surface area contributed by atoms with Crippen molar-refractivity contribution >= 4 is 5.78 Å². The first kappa shape index (κ1) is 15.1. The molecule has 1 aromatic rings. The number of carbonyl (C=O) groups is 1. The van der Waals surface area contributed by atoms with Crippen molar-refractivity contribution in [3.8, 4) is 17.2 Å². The number of hydrogen-bond donors (Lipinski definition) is 1. The molecule has 0 heterocycles. The van der Waals surface area contributed by atoms with Crippen molar-refractivity contribution in [2.45, 2.75) is 26.2 Å². The molecular formula is C15H20O4. The molecule has 1 rings (SSSR count). The van der Waals surface area contributed by atoms with Gasteiger partial charge in [-0.1, -0.05) is 6.58 Å². The minimum absolute atomic E-state index is 0.00763.